The summed E-state index contributed by atoms with van der Waals surface area (Å²) >= 11 is 2.31. The smallest absolute Gasteiger partial charge is 0.320 e. The van der Waals surface area contributed by atoms with Crippen LogP contribution in [0.2, 0.25) is 0 Å². The van der Waals surface area contributed by atoms with Gasteiger partial charge >= 0.3 is 6.03 Å². The SMILES string of the molecule is Cc1c(-c2cnc(C3=C/C=C\C=C/C=C\3)nc2)nn(-c2ccccc2)c1NC(=O)NC1CN(I)CC1n1cccc1. The van der Waals surface area contributed by atoms with E-state index in [0.29, 0.717) is 17.3 Å². The van der Waals surface area contributed by atoms with Crippen molar-refractivity contribution in [2.24, 2.45) is 0 Å². The number of rotatable bonds is 6. The van der Waals surface area contributed by atoms with Gasteiger partial charge in [0, 0.05) is 77.4 Å². The number of allylic oxidation sites excluding steroid dienone is 8. The van der Waals surface area contributed by atoms with Crippen molar-refractivity contribution in [1.29, 1.82) is 0 Å². The predicted molar refractivity (Wildman–Crippen MR) is 170 cm³/mol. The van der Waals surface area contributed by atoms with Gasteiger partial charge in [0.1, 0.15) is 11.5 Å². The summed E-state index contributed by atoms with van der Waals surface area (Å²) in [5, 5.41) is 11.2. The Labute approximate surface area is 252 Å². The predicted octanol–water partition coefficient (Wildman–Crippen LogP) is 5.90. The van der Waals surface area contributed by atoms with Crippen LogP contribution in [0.5, 0.6) is 0 Å². The van der Waals surface area contributed by atoms with Crippen molar-refractivity contribution in [3.8, 4) is 16.9 Å². The number of halogens is 1. The number of para-hydroxylation sites is 1. The molecule has 0 saturated carbocycles. The summed E-state index contributed by atoms with van der Waals surface area (Å²) in [6.07, 6.45) is 21.4. The number of hydrogen-bond donors (Lipinski definition) is 2. The molecule has 2 aliphatic rings. The summed E-state index contributed by atoms with van der Waals surface area (Å²) in [5.74, 6) is 1.22. The summed E-state index contributed by atoms with van der Waals surface area (Å²) in [6.45, 7) is 3.55. The van der Waals surface area contributed by atoms with E-state index in [0.717, 1.165) is 35.5 Å². The fraction of sp³-hybridized carbons (Fsp3) is 0.161. The third-order valence-electron chi connectivity index (χ3n) is 7.11. The minimum atomic E-state index is -0.276. The standard InChI is InChI=1S/C31H29IN8O/c1-22-28(24-18-33-29(34-19-24)23-12-6-3-2-4-7-13-23)37-40(25-14-8-5-9-15-25)30(22)36-31(41)35-26-20-39(32)21-27(26)38-16-10-11-17-38/h2-19,26-27H,20-21H2,1H3,(H2,35,36,41)/b3-2-,4-2?,6-3?,7-4-,12-6-,13-7?,23-12?,23-13+. The van der Waals surface area contributed by atoms with Gasteiger partial charge in [0.05, 0.1) is 17.8 Å². The molecule has 3 aromatic heterocycles. The van der Waals surface area contributed by atoms with E-state index in [2.05, 4.69) is 51.1 Å². The number of aromatic nitrogens is 5. The van der Waals surface area contributed by atoms with E-state index in [4.69, 9.17) is 5.10 Å². The van der Waals surface area contributed by atoms with E-state index >= 15 is 0 Å². The molecular weight excluding hydrogens is 627 g/mol. The molecule has 0 spiro atoms. The van der Waals surface area contributed by atoms with Crippen molar-refractivity contribution in [3.63, 3.8) is 0 Å². The summed E-state index contributed by atoms with van der Waals surface area (Å²) in [4.78, 5) is 22.7. The van der Waals surface area contributed by atoms with E-state index in [1.165, 1.54) is 0 Å². The monoisotopic (exact) mass is 656 g/mol. The van der Waals surface area contributed by atoms with Gasteiger partial charge in [-0.1, -0.05) is 60.7 Å². The first-order chi connectivity index (χ1) is 20.1. The summed E-state index contributed by atoms with van der Waals surface area (Å²) in [7, 11) is 0. The summed E-state index contributed by atoms with van der Waals surface area (Å²) in [6, 6.07) is 13.6. The van der Waals surface area contributed by atoms with Crippen LogP contribution in [-0.4, -0.2) is 52.6 Å². The Kier molecular flexibility index (Phi) is 7.92. The van der Waals surface area contributed by atoms with Gasteiger partial charge < -0.3 is 9.88 Å². The molecule has 2 N–H and O–H groups in total. The molecule has 4 aromatic rings. The van der Waals surface area contributed by atoms with Gasteiger partial charge in [-0.3, -0.25) is 5.32 Å². The quantitative estimate of drug-likeness (QED) is 0.199. The van der Waals surface area contributed by atoms with Crippen LogP contribution < -0.4 is 10.6 Å². The summed E-state index contributed by atoms with van der Waals surface area (Å²) in [5.41, 5.74) is 4.04. The molecule has 2 amide bonds. The lowest BCUT2D eigenvalue weighted by atomic mass is 10.1. The first-order valence-corrected chi connectivity index (χ1v) is 14.3. The Hall–Kier alpha value is -4.29. The zero-order valence-electron chi connectivity index (χ0n) is 22.4. The van der Waals surface area contributed by atoms with Crippen LogP contribution in [0.1, 0.15) is 17.4 Å². The van der Waals surface area contributed by atoms with E-state index in [9.17, 15) is 4.79 Å². The molecule has 1 aliphatic carbocycles. The van der Waals surface area contributed by atoms with Crippen LogP contribution in [0.3, 0.4) is 0 Å². The van der Waals surface area contributed by atoms with Crippen molar-refractivity contribution in [3.05, 3.63) is 121 Å². The number of urea groups is 1. The Morgan fingerprint density at radius 1 is 0.951 bits per heavy atom. The maximum Gasteiger partial charge on any atom is 0.320 e. The Bertz CT molecular complexity index is 1640. The number of nitrogens with one attached hydrogen (secondary N) is 2. The Balaban J connectivity index is 1.28. The zero-order valence-corrected chi connectivity index (χ0v) is 24.6. The Morgan fingerprint density at radius 2 is 1.68 bits per heavy atom. The van der Waals surface area contributed by atoms with Crippen molar-refractivity contribution in [2.75, 3.05) is 18.4 Å². The van der Waals surface area contributed by atoms with Gasteiger partial charge in [-0.2, -0.15) is 5.10 Å². The number of hydrogen-bond acceptors (Lipinski definition) is 5. The van der Waals surface area contributed by atoms with Crippen molar-refractivity contribution in [2.45, 2.75) is 19.0 Å². The second-order valence-electron chi connectivity index (χ2n) is 9.85. The number of anilines is 1. The van der Waals surface area contributed by atoms with Crippen LogP contribution in [0.4, 0.5) is 10.6 Å². The highest BCUT2D eigenvalue weighted by Gasteiger charge is 2.34. The molecule has 2 unspecified atom stereocenters. The average Bonchev–Trinajstić information content (AvgIpc) is 3.69. The largest absolute Gasteiger partial charge is 0.348 e. The van der Waals surface area contributed by atoms with Crippen molar-refractivity contribution < 1.29 is 4.79 Å². The molecule has 0 radical (unpaired) electrons. The lowest BCUT2D eigenvalue weighted by molar-refractivity contribution is 0.246. The van der Waals surface area contributed by atoms with Crippen LogP contribution in [0, 0.1) is 6.92 Å². The van der Waals surface area contributed by atoms with Gasteiger partial charge in [-0.05, 0) is 31.2 Å². The number of carbonyl (C=O) groups is 1. The normalized spacial score (nSPS) is 22.2. The lowest BCUT2D eigenvalue weighted by Gasteiger charge is -2.22. The highest BCUT2D eigenvalue weighted by Crippen LogP contribution is 2.31. The molecule has 9 nitrogen and oxygen atoms in total. The van der Waals surface area contributed by atoms with Gasteiger partial charge in [0.15, 0.2) is 5.82 Å². The van der Waals surface area contributed by atoms with E-state index < -0.39 is 0 Å². The molecule has 2 atom stereocenters. The third-order valence-corrected chi connectivity index (χ3v) is 7.89. The van der Waals surface area contributed by atoms with Crippen molar-refractivity contribution >= 4 is 40.3 Å². The average molecular weight is 657 g/mol. The first-order valence-electron chi connectivity index (χ1n) is 13.4. The molecule has 1 aliphatic heterocycles. The number of carbonyl (C=O) groups excluding carboxylic acids is 1. The lowest BCUT2D eigenvalue weighted by Crippen LogP contribution is -2.43. The molecule has 0 bridgehead atoms. The third kappa shape index (κ3) is 5.93. The second kappa shape index (κ2) is 12.1. The molecule has 41 heavy (non-hydrogen) atoms. The Morgan fingerprint density at radius 3 is 2.46 bits per heavy atom. The molecule has 1 saturated heterocycles. The fourth-order valence-electron chi connectivity index (χ4n) is 5.05. The van der Waals surface area contributed by atoms with Crippen molar-refractivity contribution in [1.82, 2.24) is 32.7 Å². The van der Waals surface area contributed by atoms with Crippen LogP contribution in [-0.2, 0) is 0 Å². The molecule has 206 valence electrons. The second-order valence-corrected chi connectivity index (χ2v) is 11.2. The molecule has 10 heteroatoms. The maximum absolute atomic E-state index is 13.4. The molecule has 1 fully saturated rings. The first kappa shape index (κ1) is 26.9. The molecule has 4 heterocycles. The number of benzene rings is 1. The van der Waals surface area contributed by atoms with Gasteiger partial charge in [0.25, 0.3) is 0 Å². The highest BCUT2D eigenvalue weighted by atomic mass is 127. The fourth-order valence-corrected chi connectivity index (χ4v) is 5.88. The molecule has 1 aromatic carbocycles. The molecular formula is C31H29IN8O. The van der Waals surface area contributed by atoms with E-state index in [-0.39, 0.29) is 18.1 Å². The number of nitrogens with zero attached hydrogens (tertiary/aromatic N) is 6. The zero-order chi connectivity index (χ0) is 28.2. The maximum atomic E-state index is 13.4. The van der Waals surface area contributed by atoms with E-state index in [1.54, 1.807) is 17.1 Å². The van der Waals surface area contributed by atoms with Crippen LogP contribution >= 0.6 is 22.9 Å². The summed E-state index contributed by atoms with van der Waals surface area (Å²) < 4.78 is 6.11. The number of amides is 2. The molecule has 6 rings (SSSR count). The van der Waals surface area contributed by atoms with Gasteiger partial charge in [-0.25, -0.2) is 22.6 Å². The van der Waals surface area contributed by atoms with Crippen LogP contribution in [0.25, 0.3) is 22.5 Å². The highest BCUT2D eigenvalue weighted by molar-refractivity contribution is 14.1. The van der Waals surface area contributed by atoms with E-state index in [1.807, 2.05) is 104 Å². The minimum Gasteiger partial charge on any atom is -0.348 e. The minimum absolute atomic E-state index is 0.0462. The van der Waals surface area contributed by atoms with Crippen LogP contribution in [0.15, 0.2) is 110 Å². The topological polar surface area (TPSA) is 92.9 Å². The van der Waals surface area contributed by atoms with Gasteiger partial charge in [0.2, 0.25) is 0 Å². The van der Waals surface area contributed by atoms with Gasteiger partial charge in [-0.15, -0.1) is 0 Å².